The molecular formula is C29H38N4O5. The SMILES string of the molecule is CCN(CCO)c1ccc(N=C2C=C(Nc3ccc(N(CC)CCO)cc3C)C(O)=C(OC)C2=O)c(C)c1. The van der Waals surface area contributed by atoms with E-state index in [-0.39, 0.29) is 30.4 Å². The molecule has 2 aromatic rings. The van der Waals surface area contributed by atoms with Crippen LogP contribution >= 0.6 is 0 Å². The van der Waals surface area contributed by atoms with Gasteiger partial charge in [0.25, 0.3) is 0 Å². The number of nitrogens with one attached hydrogen (secondary N) is 1. The van der Waals surface area contributed by atoms with Crippen molar-refractivity contribution in [3.05, 3.63) is 70.8 Å². The van der Waals surface area contributed by atoms with Crippen LogP contribution in [0.5, 0.6) is 0 Å². The summed E-state index contributed by atoms with van der Waals surface area (Å²) in [6, 6.07) is 11.6. The molecule has 204 valence electrons. The Morgan fingerprint density at radius 2 is 1.50 bits per heavy atom. The molecular weight excluding hydrogens is 484 g/mol. The van der Waals surface area contributed by atoms with E-state index in [2.05, 4.69) is 20.1 Å². The van der Waals surface area contributed by atoms with Crippen molar-refractivity contribution in [2.75, 3.05) is 61.6 Å². The third-order valence-electron chi connectivity index (χ3n) is 6.53. The number of anilines is 3. The number of rotatable bonds is 12. The maximum atomic E-state index is 13.1. The molecule has 9 nitrogen and oxygen atoms in total. The largest absolute Gasteiger partial charge is 0.503 e. The van der Waals surface area contributed by atoms with Gasteiger partial charge < -0.3 is 35.2 Å². The summed E-state index contributed by atoms with van der Waals surface area (Å²) in [5.74, 6) is -0.980. The van der Waals surface area contributed by atoms with Gasteiger partial charge in [0.1, 0.15) is 5.71 Å². The van der Waals surface area contributed by atoms with Crippen molar-refractivity contribution in [2.24, 2.45) is 4.99 Å². The number of carbonyl (C=O) groups excluding carboxylic acids is 1. The number of allylic oxidation sites excluding steroid dienone is 2. The molecule has 0 spiro atoms. The zero-order valence-corrected chi connectivity index (χ0v) is 22.8. The first kappa shape index (κ1) is 28.7. The molecule has 0 bridgehead atoms. The molecule has 0 radical (unpaired) electrons. The van der Waals surface area contributed by atoms with Crippen LogP contribution in [0.2, 0.25) is 0 Å². The van der Waals surface area contributed by atoms with Crippen LogP contribution in [0.15, 0.2) is 64.7 Å². The minimum Gasteiger partial charge on any atom is -0.503 e. The van der Waals surface area contributed by atoms with Crippen molar-refractivity contribution in [3.8, 4) is 0 Å². The highest BCUT2D eigenvalue weighted by atomic mass is 16.5. The number of nitrogens with zero attached hydrogens (tertiary/aromatic N) is 3. The molecule has 0 heterocycles. The molecule has 1 aliphatic rings. The van der Waals surface area contributed by atoms with Crippen LogP contribution in [0.4, 0.5) is 22.7 Å². The summed E-state index contributed by atoms with van der Waals surface area (Å²) < 4.78 is 5.25. The highest BCUT2D eigenvalue weighted by molar-refractivity contribution is 6.50. The van der Waals surface area contributed by atoms with Gasteiger partial charge in [0.05, 0.1) is 31.7 Å². The Morgan fingerprint density at radius 1 is 0.921 bits per heavy atom. The number of hydrogen-bond acceptors (Lipinski definition) is 9. The van der Waals surface area contributed by atoms with Crippen molar-refractivity contribution >= 4 is 34.2 Å². The second kappa shape index (κ2) is 13.1. The Bertz CT molecular complexity index is 1250. The van der Waals surface area contributed by atoms with E-state index < -0.39 is 5.78 Å². The quantitative estimate of drug-likeness (QED) is 0.309. The molecule has 0 saturated heterocycles. The first-order valence-electron chi connectivity index (χ1n) is 12.8. The van der Waals surface area contributed by atoms with Crippen molar-refractivity contribution in [3.63, 3.8) is 0 Å². The van der Waals surface area contributed by atoms with E-state index in [1.54, 1.807) is 0 Å². The summed E-state index contributed by atoms with van der Waals surface area (Å²) in [7, 11) is 1.34. The Morgan fingerprint density at radius 3 is 2.00 bits per heavy atom. The molecule has 0 amide bonds. The van der Waals surface area contributed by atoms with Crippen molar-refractivity contribution in [2.45, 2.75) is 27.7 Å². The van der Waals surface area contributed by atoms with Gasteiger partial charge in [-0.05, 0) is 81.3 Å². The number of ether oxygens (including phenoxy) is 1. The number of aliphatic imine (C=N–C) groups is 1. The number of Topliss-reactive ketones (excluding diaryl/α,β-unsaturated/α-hetero) is 1. The van der Waals surface area contributed by atoms with Gasteiger partial charge in [0.2, 0.25) is 11.5 Å². The monoisotopic (exact) mass is 522 g/mol. The molecule has 0 saturated carbocycles. The fourth-order valence-corrected chi connectivity index (χ4v) is 4.39. The first-order valence-corrected chi connectivity index (χ1v) is 12.8. The fraction of sp³-hybridized carbons (Fsp3) is 0.379. The Balaban J connectivity index is 1.96. The van der Waals surface area contributed by atoms with E-state index in [9.17, 15) is 20.1 Å². The van der Waals surface area contributed by atoms with Crippen LogP contribution in [-0.2, 0) is 9.53 Å². The van der Waals surface area contributed by atoms with E-state index in [1.807, 2.05) is 64.1 Å². The zero-order valence-electron chi connectivity index (χ0n) is 22.8. The highest BCUT2D eigenvalue weighted by Crippen LogP contribution is 2.30. The number of aryl methyl sites for hydroxylation is 2. The lowest BCUT2D eigenvalue weighted by Gasteiger charge is -2.24. The van der Waals surface area contributed by atoms with Gasteiger partial charge in [-0.25, -0.2) is 4.99 Å². The van der Waals surface area contributed by atoms with E-state index in [0.717, 1.165) is 41.3 Å². The third kappa shape index (κ3) is 6.35. The van der Waals surface area contributed by atoms with E-state index in [1.165, 1.54) is 13.2 Å². The normalized spacial score (nSPS) is 14.6. The fourth-order valence-electron chi connectivity index (χ4n) is 4.39. The predicted octanol–water partition coefficient (Wildman–Crippen LogP) is 4.01. The lowest BCUT2D eigenvalue weighted by Crippen LogP contribution is -2.26. The van der Waals surface area contributed by atoms with Gasteiger partial charge in [-0.1, -0.05) is 0 Å². The van der Waals surface area contributed by atoms with Gasteiger partial charge in [-0.2, -0.15) is 0 Å². The summed E-state index contributed by atoms with van der Waals surface area (Å²) in [6.45, 7) is 10.6. The van der Waals surface area contributed by atoms with Crippen LogP contribution in [0, 0.1) is 13.8 Å². The molecule has 0 unspecified atom stereocenters. The highest BCUT2D eigenvalue weighted by Gasteiger charge is 2.29. The van der Waals surface area contributed by atoms with Gasteiger partial charge in [0, 0.05) is 43.2 Å². The number of aliphatic hydroxyl groups excluding tert-OH is 3. The van der Waals surface area contributed by atoms with Gasteiger partial charge in [0.15, 0.2) is 5.76 Å². The van der Waals surface area contributed by atoms with Crippen molar-refractivity contribution < 1.29 is 24.9 Å². The molecule has 3 rings (SSSR count). The number of benzene rings is 2. The van der Waals surface area contributed by atoms with E-state index >= 15 is 0 Å². The molecule has 0 aliphatic heterocycles. The van der Waals surface area contributed by atoms with Gasteiger partial charge in [-0.15, -0.1) is 0 Å². The number of carbonyl (C=O) groups is 1. The Hall–Kier alpha value is -3.82. The minimum absolute atomic E-state index is 0.0589. The summed E-state index contributed by atoms with van der Waals surface area (Å²) in [5.41, 5.74) is 5.55. The topological polar surface area (TPSA) is 118 Å². The lowest BCUT2D eigenvalue weighted by molar-refractivity contribution is -0.112. The standard InChI is InChI=1S/C29H38N4O5/c1-6-32(12-14-34)21-8-10-23(19(3)16-21)30-25-18-26(28(37)29(38-5)27(25)36)31-24-11-9-22(17-20(24)4)33(7-2)13-15-35/h8-11,16-18,30,34-36H,6-7,12-15H2,1-5H3. The lowest BCUT2D eigenvalue weighted by atomic mass is 10.0. The average Bonchev–Trinajstić information content (AvgIpc) is 2.91. The van der Waals surface area contributed by atoms with Crippen LogP contribution < -0.4 is 15.1 Å². The van der Waals surface area contributed by atoms with Crippen LogP contribution in [0.3, 0.4) is 0 Å². The minimum atomic E-state index is -0.510. The molecule has 38 heavy (non-hydrogen) atoms. The number of hydrogen-bond donors (Lipinski definition) is 4. The Labute approximate surface area is 224 Å². The predicted molar refractivity (Wildman–Crippen MR) is 153 cm³/mol. The smallest absolute Gasteiger partial charge is 0.249 e. The molecule has 0 fully saturated rings. The summed E-state index contributed by atoms with van der Waals surface area (Å²) in [5, 5.41) is 32.7. The number of aliphatic hydroxyl groups is 3. The van der Waals surface area contributed by atoms with Gasteiger partial charge >= 0.3 is 0 Å². The third-order valence-corrected chi connectivity index (χ3v) is 6.53. The second-order valence-corrected chi connectivity index (χ2v) is 8.97. The van der Waals surface area contributed by atoms with Crippen LogP contribution in [0.25, 0.3) is 0 Å². The van der Waals surface area contributed by atoms with E-state index in [4.69, 9.17) is 4.74 Å². The molecule has 0 atom stereocenters. The average molecular weight is 523 g/mol. The molecule has 0 aromatic heterocycles. The van der Waals surface area contributed by atoms with E-state index in [0.29, 0.717) is 24.5 Å². The summed E-state index contributed by atoms with van der Waals surface area (Å²) >= 11 is 0. The number of ketones is 1. The zero-order chi connectivity index (χ0) is 27.8. The van der Waals surface area contributed by atoms with Crippen LogP contribution in [0.1, 0.15) is 25.0 Å². The number of likely N-dealkylation sites (N-methyl/N-ethyl adjacent to an activating group) is 2. The first-order chi connectivity index (χ1) is 18.3. The van der Waals surface area contributed by atoms with Crippen molar-refractivity contribution in [1.29, 1.82) is 0 Å². The molecule has 9 heteroatoms. The second-order valence-electron chi connectivity index (χ2n) is 8.97. The van der Waals surface area contributed by atoms with Crippen molar-refractivity contribution in [1.82, 2.24) is 0 Å². The maximum Gasteiger partial charge on any atom is 0.249 e. The molecule has 1 aliphatic carbocycles. The molecule has 4 N–H and O–H groups in total. The van der Waals surface area contributed by atoms with Gasteiger partial charge in [-0.3, -0.25) is 4.79 Å². The Kier molecular flexibility index (Phi) is 9.92. The van der Waals surface area contributed by atoms with Crippen LogP contribution in [-0.4, -0.2) is 73.3 Å². The summed E-state index contributed by atoms with van der Waals surface area (Å²) in [4.78, 5) is 21.8. The maximum absolute atomic E-state index is 13.1. The number of methoxy groups -OCH3 is 1. The summed E-state index contributed by atoms with van der Waals surface area (Å²) in [6.07, 6.45) is 1.52. The molecule has 2 aromatic carbocycles.